The van der Waals surface area contributed by atoms with E-state index in [0.717, 1.165) is 51.2 Å². The van der Waals surface area contributed by atoms with Crippen molar-refractivity contribution in [2.24, 2.45) is 0 Å². The largest absolute Gasteiger partial charge is 0.352 e. The van der Waals surface area contributed by atoms with Crippen LogP contribution < -0.4 is 9.62 Å². The van der Waals surface area contributed by atoms with Crippen molar-refractivity contribution in [1.82, 2.24) is 10.2 Å². The number of nitrogens with zero attached hydrogens (tertiary/aromatic N) is 2. The van der Waals surface area contributed by atoms with Crippen LogP contribution in [0.1, 0.15) is 55.7 Å². The van der Waals surface area contributed by atoms with Gasteiger partial charge in [0.1, 0.15) is 12.6 Å². The predicted molar refractivity (Wildman–Crippen MR) is 166 cm³/mol. The maximum absolute atomic E-state index is 14.1. The number of hydrogen-bond acceptors (Lipinski definition) is 4. The van der Waals surface area contributed by atoms with Crippen molar-refractivity contribution in [2.75, 3.05) is 10.8 Å². The fourth-order valence-corrected chi connectivity index (χ4v) is 6.76. The van der Waals surface area contributed by atoms with Gasteiger partial charge < -0.3 is 10.2 Å². The number of carbonyl (C=O) groups excluding carboxylic acids is 2. The summed E-state index contributed by atoms with van der Waals surface area (Å²) in [7, 11) is -4.08. The zero-order valence-corrected chi connectivity index (χ0v) is 26.2. The van der Waals surface area contributed by atoms with Crippen LogP contribution in [0, 0.1) is 13.8 Å². The molecule has 3 aromatic carbocycles. The number of nitrogens with one attached hydrogen (secondary N) is 1. The molecule has 1 unspecified atom stereocenters. The quantitative estimate of drug-likeness (QED) is 0.289. The molecule has 1 N–H and O–H groups in total. The van der Waals surface area contributed by atoms with Crippen LogP contribution in [0.5, 0.6) is 0 Å². The minimum atomic E-state index is -4.08. The lowest BCUT2D eigenvalue weighted by atomic mass is 9.95. The van der Waals surface area contributed by atoms with E-state index in [2.05, 4.69) is 21.2 Å². The van der Waals surface area contributed by atoms with E-state index in [-0.39, 0.29) is 23.4 Å². The monoisotopic (exact) mass is 639 g/mol. The first-order valence-corrected chi connectivity index (χ1v) is 16.3. The summed E-state index contributed by atoms with van der Waals surface area (Å²) in [5.41, 5.74) is 3.16. The minimum Gasteiger partial charge on any atom is -0.352 e. The number of rotatable bonds is 10. The van der Waals surface area contributed by atoms with E-state index >= 15 is 0 Å². The average molecular weight is 641 g/mol. The Kier molecular flexibility index (Phi) is 10.3. The van der Waals surface area contributed by atoms with E-state index in [4.69, 9.17) is 0 Å². The Labute approximate surface area is 252 Å². The van der Waals surface area contributed by atoms with Gasteiger partial charge in [-0.15, -0.1) is 0 Å². The number of hydrogen-bond donors (Lipinski definition) is 1. The van der Waals surface area contributed by atoms with Crippen molar-refractivity contribution in [3.63, 3.8) is 0 Å². The molecule has 1 aliphatic rings. The number of halogens is 1. The first-order valence-electron chi connectivity index (χ1n) is 14.1. The molecule has 2 amide bonds. The third-order valence-corrected chi connectivity index (χ3v) is 10.1. The first-order chi connectivity index (χ1) is 19.6. The van der Waals surface area contributed by atoms with Crippen molar-refractivity contribution < 1.29 is 18.0 Å². The van der Waals surface area contributed by atoms with Gasteiger partial charge >= 0.3 is 0 Å². The molecule has 0 spiro atoms. The summed E-state index contributed by atoms with van der Waals surface area (Å²) >= 11 is 3.44. The topological polar surface area (TPSA) is 86.8 Å². The van der Waals surface area contributed by atoms with E-state index in [1.54, 1.807) is 37.3 Å². The van der Waals surface area contributed by atoms with Gasteiger partial charge in [-0.25, -0.2) is 8.42 Å². The molecule has 0 saturated heterocycles. The molecule has 9 heteroatoms. The molecule has 1 saturated carbocycles. The Bertz CT molecular complexity index is 1460. The summed E-state index contributed by atoms with van der Waals surface area (Å²) in [6, 6.07) is 20.3. The van der Waals surface area contributed by atoms with Crippen molar-refractivity contribution in [1.29, 1.82) is 0 Å². The molecular formula is C32H38BrN3O4S. The SMILES string of the molecule is Cc1ccc(N(CC(=O)N(Cc2ccc(Br)cc2)C(C)C(=O)NC2CCCCC2)S(=O)(=O)c2ccccc2)cc1C. The average Bonchev–Trinajstić information content (AvgIpc) is 2.97. The molecule has 0 heterocycles. The molecule has 0 aliphatic heterocycles. The number of amides is 2. The number of aryl methyl sites for hydroxylation is 2. The highest BCUT2D eigenvalue weighted by Crippen LogP contribution is 2.27. The van der Waals surface area contributed by atoms with Crippen molar-refractivity contribution in [3.05, 3.63) is 94.0 Å². The van der Waals surface area contributed by atoms with Gasteiger partial charge in [0.25, 0.3) is 10.0 Å². The zero-order chi connectivity index (χ0) is 29.6. The molecule has 0 aromatic heterocycles. The van der Waals surface area contributed by atoms with E-state index in [1.807, 2.05) is 44.2 Å². The van der Waals surface area contributed by atoms with Crippen molar-refractivity contribution >= 4 is 43.5 Å². The van der Waals surface area contributed by atoms with E-state index in [1.165, 1.54) is 23.5 Å². The molecule has 0 bridgehead atoms. The molecule has 218 valence electrons. The van der Waals surface area contributed by atoms with E-state index in [0.29, 0.717) is 5.69 Å². The van der Waals surface area contributed by atoms with Gasteiger partial charge in [0.15, 0.2) is 0 Å². The van der Waals surface area contributed by atoms with Crippen LogP contribution in [-0.4, -0.2) is 43.8 Å². The Hall–Kier alpha value is -3.17. The van der Waals surface area contributed by atoms with Crippen LogP contribution in [0.3, 0.4) is 0 Å². The molecule has 0 radical (unpaired) electrons. The van der Waals surface area contributed by atoms with Crippen LogP contribution in [-0.2, 0) is 26.2 Å². The smallest absolute Gasteiger partial charge is 0.264 e. The fourth-order valence-electron chi connectivity index (χ4n) is 5.07. The molecular weight excluding hydrogens is 602 g/mol. The summed E-state index contributed by atoms with van der Waals surface area (Å²) in [6.45, 7) is 5.29. The fraction of sp³-hybridized carbons (Fsp3) is 0.375. The second kappa shape index (κ2) is 13.7. The molecule has 1 atom stereocenters. The summed E-state index contributed by atoms with van der Waals surface area (Å²) in [5, 5.41) is 3.13. The summed E-state index contributed by atoms with van der Waals surface area (Å²) in [5.74, 6) is -0.692. The summed E-state index contributed by atoms with van der Waals surface area (Å²) in [4.78, 5) is 29.1. The second-order valence-corrected chi connectivity index (χ2v) is 13.5. The van der Waals surface area contributed by atoms with Crippen LogP contribution >= 0.6 is 15.9 Å². The lowest BCUT2D eigenvalue weighted by molar-refractivity contribution is -0.139. The lowest BCUT2D eigenvalue weighted by Crippen LogP contribution is -2.53. The normalized spacial score (nSPS) is 14.7. The van der Waals surface area contributed by atoms with Crippen molar-refractivity contribution in [3.8, 4) is 0 Å². The Balaban J connectivity index is 1.68. The number of benzene rings is 3. The number of sulfonamides is 1. The zero-order valence-electron chi connectivity index (χ0n) is 23.8. The third-order valence-electron chi connectivity index (χ3n) is 7.77. The first kappa shape index (κ1) is 30.8. The van der Waals surface area contributed by atoms with Gasteiger partial charge in [0.05, 0.1) is 10.6 Å². The molecule has 3 aromatic rings. The van der Waals surface area contributed by atoms with Gasteiger partial charge in [0.2, 0.25) is 11.8 Å². The highest BCUT2D eigenvalue weighted by molar-refractivity contribution is 9.10. The van der Waals surface area contributed by atoms with E-state index < -0.39 is 28.5 Å². The molecule has 1 aliphatic carbocycles. The van der Waals surface area contributed by atoms with Gasteiger partial charge in [-0.1, -0.05) is 71.6 Å². The number of anilines is 1. The molecule has 7 nitrogen and oxygen atoms in total. The summed E-state index contributed by atoms with van der Waals surface area (Å²) < 4.78 is 29.9. The van der Waals surface area contributed by atoms with Crippen LogP contribution in [0.4, 0.5) is 5.69 Å². The third kappa shape index (κ3) is 7.77. The predicted octanol–water partition coefficient (Wildman–Crippen LogP) is 6.13. The van der Waals surface area contributed by atoms with Crippen LogP contribution in [0.2, 0.25) is 0 Å². The Morgan fingerprint density at radius 2 is 1.59 bits per heavy atom. The maximum atomic E-state index is 14.1. The lowest BCUT2D eigenvalue weighted by Gasteiger charge is -2.33. The molecule has 1 fully saturated rings. The summed E-state index contributed by atoms with van der Waals surface area (Å²) in [6.07, 6.45) is 5.16. The van der Waals surface area contributed by atoms with Gasteiger partial charge in [-0.05, 0) is 86.7 Å². The highest BCUT2D eigenvalue weighted by Gasteiger charge is 2.33. The maximum Gasteiger partial charge on any atom is 0.264 e. The van der Waals surface area contributed by atoms with E-state index in [9.17, 15) is 18.0 Å². The minimum absolute atomic E-state index is 0.0913. The second-order valence-electron chi connectivity index (χ2n) is 10.8. The Morgan fingerprint density at radius 3 is 2.22 bits per heavy atom. The van der Waals surface area contributed by atoms with Crippen LogP contribution in [0.15, 0.2) is 82.2 Å². The van der Waals surface area contributed by atoms with Gasteiger partial charge in [-0.2, -0.15) is 0 Å². The van der Waals surface area contributed by atoms with Crippen LogP contribution in [0.25, 0.3) is 0 Å². The Morgan fingerprint density at radius 1 is 0.927 bits per heavy atom. The number of carbonyl (C=O) groups is 2. The van der Waals surface area contributed by atoms with Gasteiger partial charge in [-0.3, -0.25) is 13.9 Å². The highest BCUT2D eigenvalue weighted by atomic mass is 79.9. The molecule has 4 rings (SSSR count). The van der Waals surface area contributed by atoms with Gasteiger partial charge in [0, 0.05) is 17.1 Å². The molecule has 41 heavy (non-hydrogen) atoms. The van der Waals surface area contributed by atoms with Crippen molar-refractivity contribution in [2.45, 2.75) is 76.4 Å². The standard InChI is InChI=1S/C32H38BrN3O4S/c1-23-14-19-29(20-24(23)2)36(41(39,40)30-12-8-5-9-13-30)22-31(37)35(21-26-15-17-27(33)18-16-26)25(3)32(38)34-28-10-6-4-7-11-28/h5,8-9,12-20,25,28H,4,6-7,10-11,21-22H2,1-3H3,(H,34,38).